The van der Waals surface area contributed by atoms with Gasteiger partial charge in [-0.15, -0.1) is 0 Å². The summed E-state index contributed by atoms with van der Waals surface area (Å²) >= 11 is 0. The summed E-state index contributed by atoms with van der Waals surface area (Å²) in [5.41, 5.74) is 11.3. The molecule has 158 valence electrons. The van der Waals surface area contributed by atoms with Crippen LogP contribution < -0.4 is 16.5 Å². The largest absolute Gasteiger partial charge is 0.400 e. The fourth-order valence-corrected chi connectivity index (χ4v) is 4.05. The summed E-state index contributed by atoms with van der Waals surface area (Å²) in [7, 11) is 1.77. The van der Waals surface area contributed by atoms with Gasteiger partial charge < -0.3 is 25.4 Å². The third-order valence-corrected chi connectivity index (χ3v) is 5.40. The number of fused-ring (bicyclic) bond motifs is 1. The smallest absolute Gasteiger partial charge is 0.162 e. The lowest BCUT2D eigenvalue weighted by Gasteiger charge is -2.34. The fourth-order valence-electron chi connectivity index (χ4n) is 4.05. The maximum atomic E-state index is 6.17. The van der Waals surface area contributed by atoms with Gasteiger partial charge >= 0.3 is 0 Å². The molecule has 0 amide bonds. The fraction of sp³-hybridized carbons (Fsp3) is 0.364. The minimum Gasteiger partial charge on any atom is -0.400 e. The molecule has 30 heavy (non-hydrogen) atoms. The van der Waals surface area contributed by atoms with E-state index < -0.39 is 0 Å². The number of H-pyrrole nitrogens is 1. The SMILES string of the molecule is C/C(N)=C(\c1cc(N2CCOCC2C)nc(-c2cc(C)cc3[nH]ccc23)n1)N(C)N. The predicted octanol–water partition coefficient (Wildman–Crippen LogP) is 2.61. The molecule has 3 aromatic rings. The highest BCUT2D eigenvalue weighted by molar-refractivity contribution is 5.94. The van der Waals surface area contributed by atoms with Gasteiger partial charge in [0.1, 0.15) is 5.82 Å². The van der Waals surface area contributed by atoms with Gasteiger partial charge in [-0.25, -0.2) is 15.8 Å². The lowest BCUT2D eigenvalue weighted by atomic mass is 10.1. The molecule has 0 radical (unpaired) electrons. The van der Waals surface area contributed by atoms with Gasteiger partial charge in [0.05, 0.1) is 30.6 Å². The van der Waals surface area contributed by atoms with Gasteiger partial charge in [0.2, 0.25) is 0 Å². The van der Waals surface area contributed by atoms with Crippen LogP contribution in [0.5, 0.6) is 0 Å². The molecule has 0 bridgehead atoms. The Kier molecular flexibility index (Phi) is 5.36. The summed E-state index contributed by atoms with van der Waals surface area (Å²) in [5.74, 6) is 7.60. The van der Waals surface area contributed by atoms with E-state index in [1.807, 2.05) is 19.2 Å². The number of allylic oxidation sites excluding steroid dienone is 1. The third-order valence-electron chi connectivity index (χ3n) is 5.40. The minimum atomic E-state index is 0.209. The third kappa shape index (κ3) is 3.71. The van der Waals surface area contributed by atoms with Gasteiger partial charge in [-0.2, -0.15) is 0 Å². The van der Waals surface area contributed by atoms with Crippen LogP contribution in [0, 0.1) is 6.92 Å². The number of morpholine rings is 1. The summed E-state index contributed by atoms with van der Waals surface area (Å²) < 4.78 is 5.62. The number of hydrazine groups is 1. The number of nitrogens with two attached hydrogens (primary N) is 2. The molecule has 5 N–H and O–H groups in total. The van der Waals surface area contributed by atoms with Gasteiger partial charge in [0.25, 0.3) is 0 Å². The van der Waals surface area contributed by atoms with Crippen molar-refractivity contribution in [3.8, 4) is 11.4 Å². The van der Waals surface area contributed by atoms with Crippen molar-refractivity contribution >= 4 is 22.4 Å². The molecule has 1 saturated heterocycles. The van der Waals surface area contributed by atoms with Gasteiger partial charge in [0, 0.05) is 48.0 Å². The van der Waals surface area contributed by atoms with E-state index >= 15 is 0 Å². The topological polar surface area (TPSA) is 109 Å². The first-order valence-corrected chi connectivity index (χ1v) is 10.1. The van der Waals surface area contributed by atoms with Crippen molar-refractivity contribution < 1.29 is 4.74 Å². The van der Waals surface area contributed by atoms with Gasteiger partial charge in [-0.1, -0.05) is 0 Å². The van der Waals surface area contributed by atoms with Crippen LogP contribution in [0.1, 0.15) is 25.1 Å². The normalized spacial score (nSPS) is 17.9. The number of rotatable bonds is 4. The first kappa shape index (κ1) is 20.2. The molecule has 8 nitrogen and oxygen atoms in total. The molecular weight excluding hydrogens is 378 g/mol. The quantitative estimate of drug-likeness (QED) is 0.450. The van der Waals surface area contributed by atoms with E-state index in [2.05, 4.69) is 41.9 Å². The average Bonchev–Trinajstić information content (AvgIpc) is 3.15. The Morgan fingerprint density at radius 1 is 1.30 bits per heavy atom. The van der Waals surface area contributed by atoms with Crippen molar-refractivity contribution in [3.63, 3.8) is 0 Å². The first-order valence-electron chi connectivity index (χ1n) is 10.1. The molecule has 8 heteroatoms. The number of ether oxygens (including phenoxy) is 1. The summed E-state index contributed by atoms with van der Waals surface area (Å²) in [5, 5.41) is 2.59. The molecule has 1 fully saturated rings. The number of nitrogens with one attached hydrogen (secondary N) is 1. The van der Waals surface area contributed by atoms with Crippen molar-refractivity contribution in [2.75, 3.05) is 31.7 Å². The second-order valence-electron chi connectivity index (χ2n) is 7.95. The number of aromatic nitrogens is 3. The standard InChI is InChI=1S/C22H29N7O/c1-13-9-17(16-5-6-25-18(16)10-13)22-26-19(21(15(3)23)28(4)24)11-20(27-22)29-7-8-30-12-14(29)2/h5-6,9-11,14,25H,7-8,12,23-24H2,1-4H3/b21-15-. The molecule has 1 atom stereocenters. The van der Waals surface area contributed by atoms with Crippen LogP contribution >= 0.6 is 0 Å². The minimum absolute atomic E-state index is 0.209. The Hall–Kier alpha value is -3.10. The average molecular weight is 408 g/mol. The molecule has 4 rings (SSSR count). The molecular formula is C22H29N7O. The monoisotopic (exact) mass is 407 g/mol. The number of nitrogens with zero attached hydrogens (tertiary/aromatic N) is 4. The second kappa shape index (κ2) is 7.97. The summed E-state index contributed by atoms with van der Waals surface area (Å²) in [6.07, 6.45) is 1.94. The van der Waals surface area contributed by atoms with Crippen molar-refractivity contribution in [2.24, 2.45) is 11.6 Å². The molecule has 0 aliphatic carbocycles. The zero-order valence-corrected chi connectivity index (χ0v) is 17.9. The van der Waals surface area contributed by atoms with E-state index in [0.717, 1.165) is 34.4 Å². The number of aryl methyl sites for hydroxylation is 1. The number of anilines is 1. The van der Waals surface area contributed by atoms with Crippen molar-refractivity contribution in [1.29, 1.82) is 0 Å². The Balaban J connectivity index is 1.96. The van der Waals surface area contributed by atoms with Crippen molar-refractivity contribution in [1.82, 2.24) is 20.0 Å². The molecule has 1 aliphatic heterocycles. The van der Waals surface area contributed by atoms with Crippen LogP contribution in [0.25, 0.3) is 28.0 Å². The van der Waals surface area contributed by atoms with Crippen molar-refractivity contribution in [3.05, 3.63) is 47.4 Å². The second-order valence-corrected chi connectivity index (χ2v) is 7.95. The van der Waals surface area contributed by atoms with Crippen LogP contribution in [0.2, 0.25) is 0 Å². The number of hydrogen-bond donors (Lipinski definition) is 3. The van der Waals surface area contributed by atoms with Gasteiger partial charge in [0.15, 0.2) is 5.82 Å². The van der Waals surface area contributed by atoms with E-state index in [4.69, 9.17) is 26.3 Å². The van der Waals surface area contributed by atoms with Crippen LogP contribution in [-0.2, 0) is 4.74 Å². The lowest BCUT2D eigenvalue weighted by Crippen LogP contribution is -2.44. The maximum Gasteiger partial charge on any atom is 0.162 e. The van der Waals surface area contributed by atoms with E-state index in [1.54, 1.807) is 7.05 Å². The highest BCUT2D eigenvalue weighted by Crippen LogP contribution is 2.31. The molecule has 3 heterocycles. The molecule has 2 aromatic heterocycles. The zero-order valence-electron chi connectivity index (χ0n) is 17.9. The molecule has 1 unspecified atom stereocenters. The van der Waals surface area contributed by atoms with Crippen LogP contribution in [0.15, 0.2) is 36.2 Å². The lowest BCUT2D eigenvalue weighted by molar-refractivity contribution is 0.0985. The van der Waals surface area contributed by atoms with Crippen molar-refractivity contribution in [2.45, 2.75) is 26.8 Å². The van der Waals surface area contributed by atoms with E-state index in [1.165, 1.54) is 5.01 Å². The summed E-state index contributed by atoms with van der Waals surface area (Å²) in [4.78, 5) is 15.4. The van der Waals surface area contributed by atoms with Gasteiger partial charge in [-0.3, -0.25) is 0 Å². The van der Waals surface area contributed by atoms with Gasteiger partial charge in [-0.05, 0) is 44.5 Å². The van der Waals surface area contributed by atoms with E-state index in [-0.39, 0.29) is 6.04 Å². The number of aromatic amines is 1. The van der Waals surface area contributed by atoms with Crippen LogP contribution in [0.3, 0.4) is 0 Å². The summed E-state index contributed by atoms with van der Waals surface area (Å²) in [6, 6.07) is 8.46. The Morgan fingerprint density at radius 2 is 2.10 bits per heavy atom. The Morgan fingerprint density at radius 3 is 2.80 bits per heavy atom. The molecule has 1 aromatic carbocycles. The Bertz CT molecular complexity index is 1100. The predicted molar refractivity (Wildman–Crippen MR) is 120 cm³/mol. The number of hydrogen-bond acceptors (Lipinski definition) is 7. The highest BCUT2D eigenvalue weighted by atomic mass is 16.5. The molecule has 0 spiro atoms. The zero-order chi connectivity index (χ0) is 21.4. The van der Waals surface area contributed by atoms with E-state index in [9.17, 15) is 0 Å². The van der Waals surface area contributed by atoms with Crippen LogP contribution in [-0.4, -0.2) is 52.8 Å². The van der Waals surface area contributed by atoms with Crippen LogP contribution in [0.4, 0.5) is 5.82 Å². The Labute approximate surface area is 176 Å². The highest BCUT2D eigenvalue weighted by Gasteiger charge is 2.24. The van der Waals surface area contributed by atoms with E-state index in [0.29, 0.717) is 36.1 Å². The number of benzene rings is 1. The molecule has 0 saturated carbocycles. The first-order chi connectivity index (χ1) is 14.3. The summed E-state index contributed by atoms with van der Waals surface area (Å²) in [6.45, 7) is 8.13. The molecule has 1 aliphatic rings. The maximum absolute atomic E-state index is 6.17.